The van der Waals surface area contributed by atoms with Crippen LogP contribution in [0.3, 0.4) is 0 Å². The van der Waals surface area contributed by atoms with Gasteiger partial charge >= 0.3 is 0 Å². The summed E-state index contributed by atoms with van der Waals surface area (Å²) >= 11 is 0. The lowest BCUT2D eigenvalue weighted by atomic mass is 10.0. The molecule has 4 rings (SSSR count). The summed E-state index contributed by atoms with van der Waals surface area (Å²) in [5, 5.41) is 10.9. The van der Waals surface area contributed by atoms with E-state index in [0.717, 1.165) is 43.8 Å². The Morgan fingerprint density at radius 2 is 1.93 bits per heavy atom. The first-order valence-electron chi connectivity index (χ1n) is 9.49. The molecule has 0 aliphatic carbocycles. The normalized spacial score (nSPS) is 21.2. The second-order valence-electron chi connectivity index (χ2n) is 7.43. The van der Waals surface area contributed by atoms with E-state index in [1.54, 1.807) is 0 Å². The van der Waals surface area contributed by atoms with E-state index >= 15 is 0 Å². The lowest BCUT2D eigenvalue weighted by molar-refractivity contribution is 0.0783. The number of nitrogens with one attached hydrogen (secondary N) is 2. The molecule has 1 aromatic heterocycles. The molecule has 2 unspecified atom stereocenters. The SMILES string of the molecule is Cc1ccc(N2CC3CN(C(=O)c4ccccc4N/N=C\C=N)CC3C2)nc1. The van der Waals surface area contributed by atoms with Crippen molar-refractivity contribution in [2.45, 2.75) is 6.92 Å². The number of benzene rings is 1. The fourth-order valence-electron chi connectivity index (χ4n) is 4.07. The van der Waals surface area contributed by atoms with Gasteiger partial charge in [0.1, 0.15) is 5.82 Å². The summed E-state index contributed by atoms with van der Waals surface area (Å²) in [6.45, 7) is 5.46. The molecule has 0 saturated carbocycles. The van der Waals surface area contributed by atoms with Crippen molar-refractivity contribution in [1.82, 2.24) is 9.88 Å². The number of aryl methyl sites for hydroxylation is 1. The van der Waals surface area contributed by atoms with Gasteiger partial charge in [-0.3, -0.25) is 10.2 Å². The summed E-state index contributed by atoms with van der Waals surface area (Å²) in [5.74, 6) is 2.00. The molecule has 1 aromatic carbocycles. The Bertz CT molecular complexity index is 880. The number of para-hydroxylation sites is 1. The first kappa shape index (κ1) is 18.2. The third-order valence-corrected chi connectivity index (χ3v) is 5.48. The van der Waals surface area contributed by atoms with E-state index in [4.69, 9.17) is 5.41 Å². The second-order valence-corrected chi connectivity index (χ2v) is 7.43. The quantitative estimate of drug-likeness (QED) is 0.621. The molecule has 2 atom stereocenters. The molecule has 2 aromatic rings. The number of rotatable bonds is 5. The van der Waals surface area contributed by atoms with Crippen LogP contribution in [0.4, 0.5) is 11.5 Å². The Labute approximate surface area is 164 Å². The number of hydrogen-bond donors (Lipinski definition) is 2. The number of likely N-dealkylation sites (tertiary alicyclic amines) is 1. The summed E-state index contributed by atoms with van der Waals surface area (Å²) in [6, 6.07) is 11.6. The van der Waals surface area contributed by atoms with Gasteiger partial charge in [-0.05, 0) is 30.7 Å². The average molecular weight is 376 g/mol. The highest BCUT2D eigenvalue weighted by Gasteiger charge is 2.42. The number of nitrogens with zero attached hydrogens (tertiary/aromatic N) is 4. The maximum absolute atomic E-state index is 13.1. The van der Waals surface area contributed by atoms with Gasteiger partial charge in [0.25, 0.3) is 5.91 Å². The van der Waals surface area contributed by atoms with Crippen LogP contribution in [-0.2, 0) is 0 Å². The van der Waals surface area contributed by atoms with E-state index < -0.39 is 0 Å². The molecule has 0 radical (unpaired) electrons. The summed E-state index contributed by atoms with van der Waals surface area (Å²) in [5.41, 5.74) is 5.29. The Hall–Kier alpha value is -3.22. The molecule has 2 fully saturated rings. The van der Waals surface area contributed by atoms with E-state index in [0.29, 0.717) is 23.1 Å². The first-order valence-corrected chi connectivity index (χ1v) is 9.49. The van der Waals surface area contributed by atoms with Crippen LogP contribution in [-0.4, -0.2) is 54.4 Å². The van der Waals surface area contributed by atoms with Gasteiger partial charge in [0.05, 0.1) is 17.5 Å². The fourth-order valence-corrected chi connectivity index (χ4v) is 4.07. The lowest BCUT2D eigenvalue weighted by Gasteiger charge is -2.23. The smallest absolute Gasteiger partial charge is 0.256 e. The largest absolute Gasteiger partial charge is 0.356 e. The van der Waals surface area contributed by atoms with Crippen molar-refractivity contribution in [3.63, 3.8) is 0 Å². The predicted octanol–water partition coefficient (Wildman–Crippen LogP) is 2.65. The van der Waals surface area contributed by atoms with Crippen molar-refractivity contribution < 1.29 is 4.79 Å². The minimum Gasteiger partial charge on any atom is -0.356 e. The van der Waals surface area contributed by atoms with Gasteiger partial charge in [-0.25, -0.2) is 4.98 Å². The third-order valence-electron chi connectivity index (χ3n) is 5.48. The summed E-state index contributed by atoms with van der Waals surface area (Å²) in [4.78, 5) is 21.9. The highest BCUT2D eigenvalue weighted by Crippen LogP contribution is 2.34. The van der Waals surface area contributed by atoms with E-state index in [1.807, 2.05) is 42.3 Å². The molecular formula is C21H24N6O. The van der Waals surface area contributed by atoms with Gasteiger partial charge in [0, 0.05) is 50.4 Å². The maximum Gasteiger partial charge on any atom is 0.256 e. The number of carbonyl (C=O) groups excluding carboxylic acids is 1. The van der Waals surface area contributed by atoms with Crippen LogP contribution in [0, 0.1) is 24.2 Å². The number of carbonyl (C=O) groups is 1. The topological polar surface area (TPSA) is 84.7 Å². The minimum atomic E-state index is 0.0302. The molecule has 2 aliphatic heterocycles. The third kappa shape index (κ3) is 3.60. The number of hydrazone groups is 1. The van der Waals surface area contributed by atoms with Crippen molar-refractivity contribution in [2.24, 2.45) is 16.9 Å². The number of hydrogen-bond acceptors (Lipinski definition) is 6. The van der Waals surface area contributed by atoms with Crippen LogP contribution in [0.2, 0.25) is 0 Å². The molecule has 2 saturated heterocycles. The minimum absolute atomic E-state index is 0.0302. The Morgan fingerprint density at radius 1 is 1.18 bits per heavy atom. The molecule has 7 heteroatoms. The monoisotopic (exact) mass is 376 g/mol. The van der Waals surface area contributed by atoms with E-state index in [2.05, 4.69) is 32.5 Å². The van der Waals surface area contributed by atoms with Crippen molar-refractivity contribution in [3.8, 4) is 0 Å². The zero-order chi connectivity index (χ0) is 19.5. The van der Waals surface area contributed by atoms with Gasteiger partial charge in [-0.1, -0.05) is 18.2 Å². The zero-order valence-corrected chi connectivity index (χ0v) is 15.9. The lowest BCUT2D eigenvalue weighted by Crippen LogP contribution is -2.33. The van der Waals surface area contributed by atoms with Gasteiger partial charge in [-0.2, -0.15) is 5.10 Å². The fraction of sp³-hybridized carbons (Fsp3) is 0.333. The van der Waals surface area contributed by atoms with Gasteiger partial charge in [0.15, 0.2) is 0 Å². The van der Waals surface area contributed by atoms with Gasteiger partial charge in [0.2, 0.25) is 0 Å². The highest BCUT2D eigenvalue weighted by molar-refractivity contribution is 6.14. The Balaban J connectivity index is 1.42. The Kier molecular flexibility index (Phi) is 5.06. The van der Waals surface area contributed by atoms with Crippen LogP contribution < -0.4 is 10.3 Å². The summed E-state index contributed by atoms with van der Waals surface area (Å²) in [6.07, 6.45) is 4.34. The zero-order valence-electron chi connectivity index (χ0n) is 15.9. The maximum atomic E-state index is 13.1. The molecular weight excluding hydrogens is 352 g/mol. The van der Waals surface area contributed by atoms with Crippen LogP contribution in [0.5, 0.6) is 0 Å². The predicted molar refractivity (Wildman–Crippen MR) is 111 cm³/mol. The molecule has 7 nitrogen and oxygen atoms in total. The van der Waals surface area contributed by atoms with Crippen LogP contribution in [0.1, 0.15) is 15.9 Å². The van der Waals surface area contributed by atoms with E-state index in [-0.39, 0.29) is 5.91 Å². The number of fused-ring (bicyclic) bond motifs is 1. The molecule has 2 N–H and O–H groups in total. The molecule has 3 heterocycles. The number of anilines is 2. The molecule has 0 bridgehead atoms. The molecule has 2 aliphatic rings. The second kappa shape index (κ2) is 7.80. The molecule has 1 amide bonds. The van der Waals surface area contributed by atoms with Gasteiger partial charge < -0.3 is 15.2 Å². The van der Waals surface area contributed by atoms with Crippen LogP contribution >= 0.6 is 0 Å². The van der Waals surface area contributed by atoms with Crippen LogP contribution in [0.15, 0.2) is 47.7 Å². The molecule has 28 heavy (non-hydrogen) atoms. The molecule has 144 valence electrons. The van der Waals surface area contributed by atoms with E-state index in [1.165, 1.54) is 6.21 Å². The average Bonchev–Trinajstić information content (AvgIpc) is 3.28. The van der Waals surface area contributed by atoms with Crippen molar-refractivity contribution >= 4 is 29.8 Å². The van der Waals surface area contributed by atoms with Crippen molar-refractivity contribution in [1.29, 1.82) is 5.41 Å². The van der Waals surface area contributed by atoms with Gasteiger partial charge in [-0.15, -0.1) is 0 Å². The number of aromatic nitrogens is 1. The molecule has 0 spiro atoms. The van der Waals surface area contributed by atoms with E-state index in [9.17, 15) is 4.79 Å². The van der Waals surface area contributed by atoms with Crippen LogP contribution in [0.25, 0.3) is 0 Å². The standard InChI is InChI=1S/C21H24N6O/c1-15-6-7-20(23-10-15)26-11-16-13-27(14-17(16)12-26)21(28)18-4-2-3-5-19(18)25-24-9-8-22/h2-10,16-17,22,25H,11-14H2,1H3/b22-8?,24-9-. The summed E-state index contributed by atoms with van der Waals surface area (Å²) < 4.78 is 0. The van der Waals surface area contributed by atoms with Crippen molar-refractivity contribution in [2.75, 3.05) is 36.5 Å². The first-order chi connectivity index (χ1) is 13.7. The highest BCUT2D eigenvalue weighted by atomic mass is 16.2. The Morgan fingerprint density at radius 3 is 2.61 bits per heavy atom. The van der Waals surface area contributed by atoms with Crippen molar-refractivity contribution in [3.05, 3.63) is 53.7 Å². The summed E-state index contributed by atoms with van der Waals surface area (Å²) in [7, 11) is 0. The number of pyridine rings is 1. The number of amides is 1.